The van der Waals surface area contributed by atoms with Crippen LogP contribution in [-0.4, -0.2) is 37.3 Å². The molecule has 0 unspecified atom stereocenters. The Kier molecular flexibility index (Phi) is 9.42. The minimum Gasteiger partial charge on any atom is -0.396 e. The highest BCUT2D eigenvalue weighted by atomic mass is 16.3. The largest absolute Gasteiger partial charge is 0.396 e. The third kappa shape index (κ3) is 8.52. The number of unbranched alkanes of at least 4 members (excludes halogenated alkanes) is 2. The monoisotopic (exact) mass is 201 g/mol. The van der Waals surface area contributed by atoms with Crippen molar-refractivity contribution in [1.29, 1.82) is 0 Å². The first-order valence-electron chi connectivity index (χ1n) is 5.96. The lowest BCUT2D eigenvalue weighted by molar-refractivity contribution is 0.206. The van der Waals surface area contributed by atoms with Crippen molar-refractivity contribution in [3.63, 3.8) is 0 Å². The molecule has 0 spiro atoms. The maximum atomic E-state index is 9.09. The van der Waals surface area contributed by atoms with Gasteiger partial charge in [0, 0.05) is 6.61 Å². The number of hydrogen-bond donors (Lipinski definition) is 1. The van der Waals surface area contributed by atoms with Gasteiger partial charge in [0.05, 0.1) is 0 Å². The van der Waals surface area contributed by atoms with Gasteiger partial charge in [-0.2, -0.15) is 0 Å². The average Bonchev–Trinajstić information content (AvgIpc) is 2.15. The van der Waals surface area contributed by atoms with Gasteiger partial charge in [-0.25, -0.2) is 0 Å². The molecule has 14 heavy (non-hydrogen) atoms. The van der Waals surface area contributed by atoms with E-state index in [9.17, 15) is 0 Å². The molecular weight excluding hydrogens is 174 g/mol. The zero-order chi connectivity index (χ0) is 10.8. The van der Waals surface area contributed by atoms with Gasteiger partial charge in [0.2, 0.25) is 0 Å². The molecule has 0 aliphatic heterocycles. The summed E-state index contributed by atoms with van der Waals surface area (Å²) in [5.74, 6) is 0.555. The lowest BCUT2D eigenvalue weighted by Crippen LogP contribution is -2.13. The molecule has 1 N–H and O–H groups in total. The predicted molar refractivity (Wildman–Crippen MR) is 62.5 cm³/mol. The van der Waals surface area contributed by atoms with E-state index >= 15 is 0 Å². The van der Waals surface area contributed by atoms with Gasteiger partial charge in [-0.1, -0.05) is 26.2 Å². The van der Waals surface area contributed by atoms with Crippen LogP contribution in [0.4, 0.5) is 0 Å². The minimum atomic E-state index is 0.377. The first-order valence-corrected chi connectivity index (χ1v) is 5.96. The van der Waals surface area contributed by atoms with Crippen LogP contribution in [0.5, 0.6) is 0 Å². The van der Waals surface area contributed by atoms with Gasteiger partial charge in [-0.05, 0) is 45.8 Å². The highest BCUT2D eigenvalue weighted by Gasteiger charge is 2.05. The first kappa shape index (κ1) is 13.9. The van der Waals surface area contributed by atoms with Crippen molar-refractivity contribution in [2.24, 2.45) is 5.92 Å². The standard InChI is InChI=1S/C12H27NO/c1-4-8-12(11-14)9-6-5-7-10-13(2)3/h12,14H,4-11H2,1-3H3/t12-/m0/s1. The Hall–Kier alpha value is -0.0800. The zero-order valence-electron chi connectivity index (χ0n) is 10.1. The van der Waals surface area contributed by atoms with E-state index in [-0.39, 0.29) is 0 Å². The molecule has 0 saturated carbocycles. The molecule has 2 heteroatoms. The topological polar surface area (TPSA) is 23.5 Å². The van der Waals surface area contributed by atoms with Gasteiger partial charge < -0.3 is 10.0 Å². The van der Waals surface area contributed by atoms with Gasteiger partial charge in [0.15, 0.2) is 0 Å². The van der Waals surface area contributed by atoms with Gasteiger partial charge in [-0.3, -0.25) is 0 Å². The van der Waals surface area contributed by atoms with E-state index in [0.29, 0.717) is 12.5 Å². The van der Waals surface area contributed by atoms with Crippen LogP contribution in [0.1, 0.15) is 45.4 Å². The number of rotatable bonds is 9. The molecule has 0 heterocycles. The fraction of sp³-hybridized carbons (Fsp3) is 1.00. The summed E-state index contributed by atoms with van der Waals surface area (Å²) >= 11 is 0. The Morgan fingerprint density at radius 2 is 1.79 bits per heavy atom. The molecule has 86 valence electrons. The Balaban J connectivity index is 3.24. The van der Waals surface area contributed by atoms with E-state index in [1.807, 2.05) is 0 Å². The summed E-state index contributed by atoms with van der Waals surface area (Å²) in [6.07, 6.45) is 7.46. The van der Waals surface area contributed by atoms with E-state index in [1.54, 1.807) is 0 Å². The highest BCUT2D eigenvalue weighted by Crippen LogP contribution is 2.14. The second-order valence-electron chi connectivity index (χ2n) is 4.49. The predicted octanol–water partition coefficient (Wildman–Crippen LogP) is 2.52. The molecule has 0 rings (SSSR count). The number of aliphatic hydroxyl groups excluding tert-OH is 1. The fourth-order valence-electron chi connectivity index (χ4n) is 1.77. The van der Waals surface area contributed by atoms with Crippen LogP contribution in [0.2, 0.25) is 0 Å². The normalized spacial score (nSPS) is 13.5. The highest BCUT2D eigenvalue weighted by molar-refractivity contribution is 4.57. The van der Waals surface area contributed by atoms with Crippen LogP contribution in [0.25, 0.3) is 0 Å². The summed E-state index contributed by atoms with van der Waals surface area (Å²) in [6.45, 7) is 3.76. The molecule has 0 amide bonds. The number of aliphatic hydroxyl groups is 1. The number of hydrogen-bond acceptors (Lipinski definition) is 2. The smallest absolute Gasteiger partial charge is 0.0459 e. The fourth-order valence-corrected chi connectivity index (χ4v) is 1.77. The van der Waals surface area contributed by atoms with Crippen molar-refractivity contribution < 1.29 is 5.11 Å². The van der Waals surface area contributed by atoms with Crippen molar-refractivity contribution in [3.8, 4) is 0 Å². The molecule has 0 aliphatic carbocycles. The van der Waals surface area contributed by atoms with Crippen molar-refractivity contribution >= 4 is 0 Å². The van der Waals surface area contributed by atoms with Crippen LogP contribution < -0.4 is 0 Å². The van der Waals surface area contributed by atoms with Crippen LogP contribution >= 0.6 is 0 Å². The third-order valence-electron chi connectivity index (χ3n) is 2.67. The van der Waals surface area contributed by atoms with Gasteiger partial charge in [0.25, 0.3) is 0 Å². The Bertz CT molecular complexity index is 115. The number of nitrogens with zero attached hydrogens (tertiary/aromatic N) is 1. The van der Waals surface area contributed by atoms with Crippen LogP contribution in [0.15, 0.2) is 0 Å². The second kappa shape index (κ2) is 9.47. The SMILES string of the molecule is CCC[C@H](CO)CCCCCN(C)C. The molecule has 0 aromatic rings. The average molecular weight is 201 g/mol. The Morgan fingerprint density at radius 1 is 1.07 bits per heavy atom. The first-order chi connectivity index (χ1) is 6.70. The van der Waals surface area contributed by atoms with E-state index < -0.39 is 0 Å². The molecule has 0 aliphatic rings. The lowest BCUT2D eigenvalue weighted by atomic mass is 9.97. The second-order valence-corrected chi connectivity index (χ2v) is 4.49. The zero-order valence-corrected chi connectivity index (χ0v) is 10.1. The third-order valence-corrected chi connectivity index (χ3v) is 2.67. The van der Waals surface area contributed by atoms with E-state index in [2.05, 4.69) is 25.9 Å². The van der Waals surface area contributed by atoms with Crippen LogP contribution in [0.3, 0.4) is 0 Å². The summed E-state index contributed by atoms with van der Waals surface area (Å²) < 4.78 is 0. The summed E-state index contributed by atoms with van der Waals surface area (Å²) in [7, 11) is 4.24. The molecule has 0 saturated heterocycles. The van der Waals surface area contributed by atoms with E-state index in [1.165, 1.54) is 45.1 Å². The molecule has 1 atom stereocenters. The van der Waals surface area contributed by atoms with Gasteiger partial charge in [0.1, 0.15) is 0 Å². The van der Waals surface area contributed by atoms with Crippen LogP contribution in [-0.2, 0) is 0 Å². The van der Waals surface area contributed by atoms with Crippen LogP contribution in [0, 0.1) is 5.92 Å². The van der Waals surface area contributed by atoms with Crippen molar-refractivity contribution in [1.82, 2.24) is 4.90 Å². The van der Waals surface area contributed by atoms with E-state index in [4.69, 9.17) is 5.11 Å². The molecule has 0 bridgehead atoms. The van der Waals surface area contributed by atoms with Crippen molar-refractivity contribution in [3.05, 3.63) is 0 Å². The molecule has 0 aromatic carbocycles. The van der Waals surface area contributed by atoms with E-state index in [0.717, 1.165) is 0 Å². The van der Waals surface area contributed by atoms with Crippen molar-refractivity contribution in [2.45, 2.75) is 45.4 Å². The molecule has 0 fully saturated rings. The quantitative estimate of drug-likeness (QED) is 0.579. The Morgan fingerprint density at radius 3 is 2.29 bits per heavy atom. The molecule has 0 aromatic heterocycles. The maximum absolute atomic E-state index is 9.09. The molecule has 0 radical (unpaired) electrons. The summed E-state index contributed by atoms with van der Waals surface area (Å²) in [5.41, 5.74) is 0. The van der Waals surface area contributed by atoms with Gasteiger partial charge >= 0.3 is 0 Å². The maximum Gasteiger partial charge on any atom is 0.0459 e. The molecule has 2 nitrogen and oxygen atoms in total. The summed E-state index contributed by atoms with van der Waals surface area (Å²) in [6, 6.07) is 0. The molecular formula is C12H27NO. The van der Waals surface area contributed by atoms with Crippen molar-refractivity contribution in [2.75, 3.05) is 27.2 Å². The minimum absolute atomic E-state index is 0.377. The summed E-state index contributed by atoms with van der Waals surface area (Å²) in [4.78, 5) is 2.23. The summed E-state index contributed by atoms with van der Waals surface area (Å²) in [5, 5.41) is 9.09. The Labute approximate surface area is 89.3 Å². The van der Waals surface area contributed by atoms with Gasteiger partial charge in [-0.15, -0.1) is 0 Å². The lowest BCUT2D eigenvalue weighted by Gasteiger charge is -2.13.